The number of hydrogen-bond acceptors (Lipinski definition) is 4. The highest BCUT2D eigenvalue weighted by molar-refractivity contribution is 7.98. The lowest BCUT2D eigenvalue weighted by atomic mass is 10.1. The summed E-state index contributed by atoms with van der Waals surface area (Å²) in [6, 6.07) is 7.97. The van der Waals surface area contributed by atoms with Gasteiger partial charge in [0.2, 0.25) is 5.91 Å². The molecular formula is C15H20N2OS2. The zero-order valence-electron chi connectivity index (χ0n) is 11.6. The van der Waals surface area contributed by atoms with Crippen LogP contribution in [0.2, 0.25) is 0 Å². The van der Waals surface area contributed by atoms with Gasteiger partial charge in [-0.1, -0.05) is 18.2 Å². The topological polar surface area (TPSA) is 55.1 Å². The van der Waals surface area contributed by atoms with Crippen LogP contribution in [0.25, 0.3) is 10.1 Å². The van der Waals surface area contributed by atoms with Crippen LogP contribution in [0.3, 0.4) is 0 Å². The van der Waals surface area contributed by atoms with E-state index in [-0.39, 0.29) is 11.9 Å². The van der Waals surface area contributed by atoms with Crippen molar-refractivity contribution >= 4 is 39.1 Å². The van der Waals surface area contributed by atoms with Crippen molar-refractivity contribution in [2.24, 2.45) is 5.73 Å². The average molecular weight is 308 g/mol. The third-order valence-electron chi connectivity index (χ3n) is 3.22. The van der Waals surface area contributed by atoms with Gasteiger partial charge in [0.05, 0.1) is 6.04 Å². The van der Waals surface area contributed by atoms with Crippen molar-refractivity contribution in [1.29, 1.82) is 0 Å². The molecule has 0 saturated carbocycles. The molecule has 2 rings (SSSR count). The summed E-state index contributed by atoms with van der Waals surface area (Å²) in [5.74, 6) is 0.877. The predicted octanol–water partition coefficient (Wildman–Crippen LogP) is 2.64. The highest BCUT2D eigenvalue weighted by Gasteiger charge is 2.12. The zero-order valence-corrected chi connectivity index (χ0v) is 13.2. The number of amides is 1. The van der Waals surface area contributed by atoms with E-state index >= 15 is 0 Å². The van der Waals surface area contributed by atoms with Gasteiger partial charge in [-0.3, -0.25) is 4.79 Å². The average Bonchev–Trinajstić information content (AvgIpc) is 2.88. The fourth-order valence-corrected chi connectivity index (χ4v) is 3.54. The Hall–Kier alpha value is -1.04. The molecule has 1 atom stereocenters. The van der Waals surface area contributed by atoms with E-state index in [9.17, 15) is 4.79 Å². The Morgan fingerprint density at radius 2 is 2.25 bits per heavy atom. The molecular weight excluding hydrogens is 288 g/mol. The van der Waals surface area contributed by atoms with E-state index in [1.807, 2.05) is 6.26 Å². The van der Waals surface area contributed by atoms with E-state index in [1.54, 1.807) is 23.1 Å². The SMILES string of the molecule is CSCC[C@H](N)C(=O)NCCc1csc2ccccc12. The lowest BCUT2D eigenvalue weighted by Gasteiger charge is -2.11. The Labute approximate surface area is 127 Å². The largest absolute Gasteiger partial charge is 0.354 e. The van der Waals surface area contributed by atoms with Gasteiger partial charge < -0.3 is 11.1 Å². The van der Waals surface area contributed by atoms with Crippen molar-refractivity contribution < 1.29 is 4.79 Å². The first-order valence-corrected chi connectivity index (χ1v) is 8.97. The number of hydrogen-bond donors (Lipinski definition) is 2. The maximum absolute atomic E-state index is 11.8. The lowest BCUT2D eigenvalue weighted by molar-refractivity contribution is -0.122. The normalized spacial score (nSPS) is 12.5. The zero-order chi connectivity index (χ0) is 14.4. The van der Waals surface area contributed by atoms with Crippen LogP contribution in [-0.4, -0.2) is 30.5 Å². The van der Waals surface area contributed by atoms with Crippen LogP contribution in [0, 0.1) is 0 Å². The Kier molecular flexibility index (Phi) is 5.88. The first-order valence-electron chi connectivity index (χ1n) is 6.69. The molecule has 5 heteroatoms. The van der Waals surface area contributed by atoms with Gasteiger partial charge in [-0.25, -0.2) is 0 Å². The minimum absolute atomic E-state index is 0.0430. The second-order valence-corrected chi connectivity index (χ2v) is 6.58. The van der Waals surface area contributed by atoms with Gasteiger partial charge in [0.25, 0.3) is 0 Å². The monoisotopic (exact) mass is 308 g/mol. The number of nitrogens with two attached hydrogens (primary N) is 1. The van der Waals surface area contributed by atoms with Crippen LogP contribution in [0.5, 0.6) is 0 Å². The summed E-state index contributed by atoms with van der Waals surface area (Å²) in [5, 5.41) is 6.39. The highest BCUT2D eigenvalue weighted by atomic mass is 32.2. The predicted molar refractivity (Wildman–Crippen MR) is 89.5 cm³/mol. The number of benzene rings is 1. The molecule has 1 heterocycles. The lowest BCUT2D eigenvalue weighted by Crippen LogP contribution is -2.41. The summed E-state index contributed by atoms with van der Waals surface area (Å²) in [6.07, 6.45) is 3.60. The third kappa shape index (κ3) is 3.98. The molecule has 0 spiro atoms. The molecule has 0 bridgehead atoms. The quantitative estimate of drug-likeness (QED) is 0.827. The van der Waals surface area contributed by atoms with Gasteiger partial charge in [-0.05, 0) is 47.2 Å². The maximum atomic E-state index is 11.8. The van der Waals surface area contributed by atoms with Crippen LogP contribution in [0.4, 0.5) is 0 Å². The molecule has 0 aliphatic rings. The second kappa shape index (κ2) is 7.67. The van der Waals surface area contributed by atoms with Crippen molar-refractivity contribution in [2.75, 3.05) is 18.6 Å². The van der Waals surface area contributed by atoms with Gasteiger partial charge in [-0.15, -0.1) is 11.3 Å². The summed E-state index contributed by atoms with van der Waals surface area (Å²) in [4.78, 5) is 11.8. The minimum Gasteiger partial charge on any atom is -0.354 e. The van der Waals surface area contributed by atoms with Crippen LogP contribution < -0.4 is 11.1 Å². The van der Waals surface area contributed by atoms with Crippen LogP contribution >= 0.6 is 23.1 Å². The standard InChI is InChI=1S/C15H20N2OS2/c1-19-9-7-13(16)15(18)17-8-6-11-10-20-14-5-3-2-4-12(11)14/h2-5,10,13H,6-9,16H2,1H3,(H,17,18)/t13-/m0/s1. The number of thiophene rings is 1. The number of rotatable bonds is 7. The highest BCUT2D eigenvalue weighted by Crippen LogP contribution is 2.25. The summed E-state index contributed by atoms with van der Waals surface area (Å²) >= 11 is 3.46. The smallest absolute Gasteiger partial charge is 0.236 e. The molecule has 0 unspecified atom stereocenters. The van der Waals surface area contributed by atoms with Gasteiger partial charge in [-0.2, -0.15) is 11.8 Å². The Bertz CT molecular complexity index is 568. The second-order valence-electron chi connectivity index (χ2n) is 4.69. The number of carbonyl (C=O) groups excluding carboxylic acids is 1. The molecule has 0 aliphatic carbocycles. The maximum Gasteiger partial charge on any atom is 0.236 e. The van der Waals surface area contributed by atoms with E-state index < -0.39 is 0 Å². The summed E-state index contributed by atoms with van der Waals surface area (Å²) in [7, 11) is 0. The number of carbonyl (C=O) groups is 1. The van der Waals surface area contributed by atoms with Crippen molar-refractivity contribution in [1.82, 2.24) is 5.32 Å². The molecule has 20 heavy (non-hydrogen) atoms. The molecule has 0 aliphatic heterocycles. The van der Waals surface area contributed by atoms with Crippen LogP contribution in [0.1, 0.15) is 12.0 Å². The molecule has 0 saturated heterocycles. The number of nitrogens with one attached hydrogen (secondary N) is 1. The summed E-state index contributed by atoms with van der Waals surface area (Å²) in [6.45, 7) is 0.645. The van der Waals surface area contributed by atoms with Crippen molar-refractivity contribution in [2.45, 2.75) is 18.9 Å². The number of fused-ring (bicyclic) bond motifs is 1. The molecule has 0 fully saturated rings. The van der Waals surface area contributed by atoms with Crippen molar-refractivity contribution in [3.05, 3.63) is 35.2 Å². The van der Waals surface area contributed by atoms with Gasteiger partial charge in [0.1, 0.15) is 0 Å². The van der Waals surface area contributed by atoms with E-state index in [1.165, 1.54) is 15.6 Å². The van der Waals surface area contributed by atoms with Gasteiger partial charge in [0.15, 0.2) is 0 Å². The van der Waals surface area contributed by atoms with Crippen molar-refractivity contribution in [3.63, 3.8) is 0 Å². The molecule has 108 valence electrons. The number of thioether (sulfide) groups is 1. The first-order chi connectivity index (χ1) is 9.72. The Morgan fingerprint density at radius 3 is 3.05 bits per heavy atom. The minimum atomic E-state index is -0.387. The Balaban J connectivity index is 1.82. The fourth-order valence-electron chi connectivity index (χ4n) is 2.05. The van der Waals surface area contributed by atoms with Gasteiger partial charge in [0, 0.05) is 11.2 Å². The Morgan fingerprint density at radius 1 is 1.45 bits per heavy atom. The fraction of sp³-hybridized carbons (Fsp3) is 0.400. The summed E-state index contributed by atoms with van der Waals surface area (Å²) < 4.78 is 1.30. The molecule has 1 aromatic carbocycles. The molecule has 1 aromatic heterocycles. The first kappa shape index (κ1) is 15.4. The molecule has 0 radical (unpaired) electrons. The molecule has 3 nitrogen and oxygen atoms in total. The van der Waals surface area contributed by atoms with E-state index in [4.69, 9.17) is 5.73 Å². The van der Waals surface area contributed by atoms with Gasteiger partial charge >= 0.3 is 0 Å². The third-order valence-corrected chi connectivity index (χ3v) is 4.88. The van der Waals surface area contributed by atoms with E-state index in [0.29, 0.717) is 6.54 Å². The summed E-state index contributed by atoms with van der Waals surface area (Å²) in [5.41, 5.74) is 7.12. The van der Waals surface area contributed by atoms with Crippen LogP contribution in [-0.2, 0) is 11.2 Å². The van der Waals surface area contributed by atoms with E-state index in [2.05, 4.69) is 35.0 Å². The van der Waals surface area contributed by atoms with Crippen molar-refractivity contribution in [3.8, 4) is 0 Å². The molecule has 2 aromatic rings. The van der Waals surface area contributed by atoms with Crippen LogP contribution in [0.15, 0.2) is 29.6 Å². The molecule has 3 N–H and O–H groups in total. The molecule has 1 amide bonds. The van der Waals surface area contributed by atoms with E-state index in [0.717, 1.165) is 18.6 Å².